The Kier molecular flexibility index (Phi) is 8.44. The number of ether oxygens (including phenoxy) is 1. The van der Waals surface area contributed by atoms with Crippen molar-refractivity contribution in [3.8, 4) is 11.3 Å². The van der Waals surface area contributed by atoms with Crippen molar-refractivity contribution in [2.24, 2.45) is 5.73 Å². The monoisotopic (exact) mass is 596 g/mol. The molecule has 1 saturated heterocycles. The number of benzene rings is 3. The number of nitrogens with one attached hydrogen (secondary N) is 1. The number of primary amides is 1. The van der Waals surface area contributed by atoms with Crippen molar-refractivity contribution in [3.05, 3.63) is 84.4 Å². The minimum absolute atomic E-state index is 0.166. The molecule has 1 fully saturated rings. The van der Waals surface area contributed by atoms with Crippen LogP contribution in [0, 0.1) is 0 Å². The van der Waals surface area contributed by atoms with Crippen LogP contribution in [0.4, 0.5) is 16.2 Å². The second kappa shape index (κ2) is 12.2. The van der Waals surface area contributed by atoms with Gasteiger partial charge >= 0.3 is 6.09 Å². The van der Waals surface area contributed by atoms with E-state index in [0.717, 1.165) is 10.9 Å². The van der Waals surface area contributed by atoms with E-state index >= 15 is 0 Å². The number of anilines is 2. The van der Waals surface area contributed by atoms with Crippen LogP contribution in [0.25, 0.3) is 22.3 Å². The number of hydrogen-bond donors (Lipinski definition) is 2. The summed E-state index contributed by atoms with van der Waals surface area (Å²) in [6.07, 6.45) is 0.385. The third kappa shape index (κ3) is 6.59. The van der Waals surface area contributed by atoms with E-state index in [1.807, 2.05) is 18.2 Å². The molecule has 3 aromatic carbocycles. The van der Waals surface area contributed by atoms with Gasteiger partial charge in [-0.15, -0.1) is 0 Å². The second-order valence-corrected chi connectivity index (χ2v) is 11.8. The van der Waals surface area contributed by atoms with Crippen LogP contribution in [0.1, 0.15) is 52.1 Å². The van der Waals surface area contributed by atoms with Crippen LogP contribution in [-0.2, 0) is 19.1 Å². The van der Waals surface area contributed by atoms with Crippen LogP contribution in [0.5, 0.6) is 0 Å². The molecular formula is C34H36N4O6. The molecule has 4 amide bonds. The average molecular weight is 597 g/mol. The van der Waals surface area contributed by atoms with Gasteiger partial charge in [-0.2, -0.15) is 0 Å². The van der Waals surface area contributed by atoms with E-state index in [1.54, 1.807) is 81.4 Å². The van der Waals surface area contributed by atoms with Crippen molar-refractivity contribution in [3.63, 3.8) is 0 Å². The lowest BCUT2D eigenvalue weighted by Crippen LogP contribution is -2.51. The predicted octanol–water partition coefficient (Wildman–Crippen LogP) is 6.02. The zero-order chi connectivity index (χ0) is 31.6. The molecule has 0 bridgehead atoms. The molecule has 10 nitrogen and oxygen atoms in total. The zero-order valence-electron chi connectivity index (χ0n) is 25.2. The first-order chi connectivity index (χ1) is 20.9. The van der Waals surface area contributed by atoms with E-state index in [2.05, 4.69) is 5.32 Å². The SMILES string of the molecule is CC(=O)Nc1ccc2oc(-c3ccc(N(C(=O)OC(C)(C)C)[C@@H](C(=O)N4CCC[C@H]4C(N)=O)c4ccccc4)cc3)cc2c1. The molecule has 0 unspecified atom stereocenters. The van der Waals surface area contributed by atoms with Gasteiger partial charge in [-0.05, 0) is 87.7 Å². The molecule has 4 aromatic rings. The third-order valence-corrected chi connectivity index (χ3v) is 7.33. The summed E-state index contributed by atoms with van der Waals surface area (Å²) in [6, 6.07) is 21.4. The number of carbonyl (C=O) groups is 4. The Bertz CT molecular complexity index is 1690. The minimum Gasteiger partial charge on any atom is -0.456 e. The molecule has 10 heteroatoms. The Balaban J connectivity index is 1.55. The molecule has 44 heavy (non-hydrogen) atoms. The standard InChI is InChI=1S/C34H36N4O6/c1-21(39)36-25-14-17-28-24(19-25)20-29(43-28)22-12-15-26(16-13-22)38(33(42)44-34(2,3)4)30(23-9-6-5-7-10-23)32(41)37-18-8-11-27(37)31(35)40/h5-7,9-10,12-17,19-20,27,30H,8,11,18H2,1-4H3,(H2,35,40)(H,36,39)/t27-,30+/m0/s1. The van der Waals surface area contributed by atoms with Crippen molar-refractivity contribution in [1.82, 2.24) is 4.90 Å². The molecule has 2 atom stereocenters. The Morgan fingerprint density at radius 2 is 1.70 bits per heavy atom. The first-order valence-corrected chi connectivity index (χ1v) is 14.5. The highest BCUT2D eigenvalue weighted by atomic mass is 16.6. The van der Waals surface area contributed by atoms with E-state index in [9.17, 15) is 19.2 Å². The molecule has 0 spiro atoms. The number of amides is 4. The first kappa shape index (κ1) is 30.3. The summed E-state index contributed by atoms with van der Waals surface area (Å²) in [5.41, 5.74) is 7.86. The normalized spacial score (nSPS) is 15.5. The summed E-state index contributed by atoms with van der Waals surface area (Å²) in [5, 5.41) is 3.58. The molecular weight excluding hydrogens is 560 g/mol. The summed E-state index contributed by atoms with van der Waals surface area (Å²) >= 11 is 0. The number of likely N-dealkylation sites (tertiary alicyclic amines) is 1. The van der Waals surface area contributed by atoms with E-state index in [4.69, 9.17) is 14.9 Å². The van der Waals surface area contributed by atoms with Gasteiger partial charge in [0.2, 0.25) is 11.8 Å². The Hall–Kier alpha value is -5.12. The fourth-order valence-electron chi connectivity index (χ4n) is 5.44. The van der Waals surface area contributed by atoms with E-state index in [1.165, 1.54) is 16.7 Å². The number of nitrogens with zero attached hydrogens (tertiary/aromatic N) is 2. The number of hydrogen-bond acceptors (Lipinski definition) is 6. The quantitative estimate of drug-likeness (QED) is 0.268. The van der Waals surface area contributed by atoms with Crippen molar-refractivity contribution < 1.29 is 28.3 Å². The fourth-order valence-corrected chi connectivity index (χ4v) is 5.44. The molecule has 0 aliphatic carbocycles. The van der Waals surface area contributed by atoms with Crippen molar-refractivity contribution >= 4 is 46.2 Å². The molecule has 1 aliphatic heterocycles. The van der Waals surface area contributed by atoms with Gasteiger partial charge in [-0.25, -0.2) is 4.79 Å². The maximum Gasteiger partial charge on any atom is 0.415 e. The third-order valence-electron chi connectivity index (χ3n) is 7.33. The largest absolute Gasteiger partial charge is 0.456 e. The van der Waals surface area contributed by atoms with Crippen molar-refractivity contribution in [2.45, 2.75) is 58.2 Å². The van der Waals surface area contributed by atoms with Gasteiger partial charge in [0.25, 0.3) is 5.91 Å². The highest BCUT2D eigenvalue weighted by molar-refractivity contribution is 6.00. The van der Waals surface area contributed by atoms with Crippen molar-refractivity contribution in [2.75, 3.05) is 16.8 Å². The highest BCUT2D eigenvalue weighted by Gasteiger charge is 2.42. The lowest BCUT2D eigenvalue weighted by atomic mass is 10.0. The Morgan fingerprint density at radius 3 is 2.34 bits per heavy atom. The summed E-state index contributed by atoms with van der Waals surface area (Å²) in [5.74, 6) is -0.571. The topological polar surface area (TPSA) is 135 Å². The summed E-state index contributed by atoms with van der Waals surface area (Å²) in [6.45, 7) is 7.08. The first-order valence-electron chi connectivity index (χ1n) is 14.5. The number of fused-ring (bicyclic) bond motifs is 1. The lowest BCUT2D eigenvalue weighted by molar-refractivity contribution is -0.138. The predicted molar refractivity (Wildman–Crippen MR) is 168 cm³/mol. The van der Waals surface area contributed by atoms with Gasteiger partial charge < -0.3 is 25.1 Å². The maximum absolute atomic E-state index is 14.3. The Morgan fingerprint density at radius 1 is 1.00 bits per heavy atom. The summed E-state index contributed by atoms with van der Waals surface area (Å²) in [7, 11) is 0. The number of furan rings is 1. The van der Waals surface area contributed by atoms with Gasteiger partial charge in [-0.1, -0.05) is 30.3 Å². The van der Waals surface area contributed by atoms with Crippen LogP contribution < -0.4 is 16.0 Å². The van der Waals surface area contributed by atoms with Gasteiger partial charge in [0.05, 0.1) is 0 Å². The molecule has 1 aromatic heterocycles. The van der Waals surface area contributed by atoms with Crippen LogP contribution in [0.2, 0.25) is 0 Å². The van der Waals surface area contributed by atoms with Crippen LogP contribution in [-0.4, -0.2) is 46.9 Å². The summed E-state index contributed by atoms with van der Waals surface area (Å²) < 4.78 is 11.9. The van der Waals surface area contributed by atoms with E-state index in [0.29, 0.717) is 47.7 Å². The van der Waals surface area contributed by atoms with Gasteiger partial charge in [-0.3, -0.25) is 19.3 Å². The lowest BCUT2D eigenvalue weighted by Gasteiger charge is -2.36. The fraction of sp³-hybridized carbons (Fsp3) is 0.294. The molecule has 2 heterocycles. The zero-order valence-corrected chi connectivity index (χ0v) is 25.2. The van der Waals surface area contributed by atoms with Gasteiger partial charge in [0.15, 0.2) is 0 Å². The second-order valence-electron chi connectivity index (χ2n) is 11.8. The highest BCUT2D eigenvalue weighted by Crippen LogP contribution is 2.36. The molecule has 3 N–H and O–H groups in total. The molecule has 0 radical (unpaired) electrons. The number of carbonyl (C=O) groups excluding carboxylic acids is 4. The molecule has 5 rings (SSSR count). The van der Waals surface area contributed by atoms with E-state index < -0.39 is 35.6 Å². The Labute approximate surface area is 255 Å². The molecule has 1 aliphatic rings. The number of rotatable bonds is 7. The van der Waals surface area contributed by atoms with Gasteiger partial charge in [0.1, 0.15) is 29.0 Å². The number of nitrogens with two attached hydrogens (primary N) is 1. The minimum atomic E-state index is -1.12. The van der Waals surface area contributed by atoms with E-state index in [-0.39, 0.29) is 5.91 Å². The van der Waals surface area contributed by atoms with Crippen molar-refractivity contribution in [1.29, 1.82) is 0 Å². The molecule has 0 saturated carbocycles. The van der Waals surface area contributed by atoms with Crippen LogP contribution in [0.3, 0.4) is 0 Å². The summed E-state index contributed by atoms with van der Waals surface area (Å²) in [4.78, 5) is 54.6. The smallest absolute Gasteiger partial charge is 0.415 e. The average Bonchev–Trinajstić information content (AvgIpc) is 3.63. The van der Waals surface area contributed by atoms with Crippen LogP contribution in [0.15, 0.2) is 83.3 Å². The van der Waals surface area contributed by atoms with Crippen LogP contribution >= 0.6 is 0 Å². The maximum atomic E-state index is 14.3. The molecule has 228 valence electrons. The van der Waals surface area contributed by atoms with Gasteiger partial charge in [0, 0.05) is 35.8 Å².